The first-order valence-electron chi connectivity index (χ1n) is 9.28. The van der Waals surface area contributed by atoms with E-state index in [1.165, 1.54) is 11.8 Å². The van der Waals surface area contributed by atoms with Gasteiger partial charge in [-0.2, -0.15) is 0 Å². The fourth-order valence-electron chi connectivity index (χ4n) is 3.07. The van der Waals surface area contributed by atoms with Crippen molar-refractivity contribution in [2.75, 3.05) is 12.9 Å². The van der Waals surface area contributed by atoms with Crippen LogP contribution < -0.4 is 10.1 Å². The van der Waals surface area contributed by atoms with Crippen molar-refractivity contribution in [1.82, 2.24) is 15.5 Å². The second kappa shape index (κ2) is 8.88. The van der Waals surface area contributed by atoms with Crippen molar-refractivity contribution in [3.05, 3.63) is 59.1 Å². The molecule has 1 saturated carbocycles. The predicted octanol–water partition coefficient (Wildman–Crippen LogP) is 4.76. The van der Waals surface area contributed by atoms with Crippen LogP contribution in [0.15, 0.2) is 58.2 Å². The zero-order valence-corrected chi connectivity index (χ0v) is 17.4. The van der Waals surface area contributed by atoms with Crippen LogP contribution in [-0.2, 0) is 4.79 Å². The number of carbonyl (C=O) groups is 1. The smallest absolute Gasteiger partial charge is 0.277 e. The lowest BCUT2D eigenvalue weighted by Gasteiger charge is -2.19. The number of nitrogens with zero attached hydrogens (tertiary/aromatic N) is 2. The molecular weight excluding hydrogens is 410 g/mol. The SMILES string of the molecule is COc1ccc(C(NC(=O)CSc2nnc(-c3ccccc3Cl)o2)C2CC2)cc1. The van der Waals surface area contributed by atoms with Crippen molar-refractivity contribution in [3.8, 4) is 17.2 Å². The third-order valence-corrected chi connectivity index (χ3v) is 5.87. The molecule has 1 aliphatic carbocycles. The van der Waals surface area contributed by atoms with Gasteiger partial charge in [-0.05, 0) is 48.6 Å². The van der Waals surface area contributed by atoms with Crippen molar-refractivity contribution >= 4 is 29.3 Å². The van der Waals surface area contributed by atoms with Gasteiger partial charge in [0.25, 0.3) is 5.22 Å². The summed E-state index contributed by atoms with van der Waals surface area (Å²) in [5.41, 5.74) is 1.76. The lowest BCUT2D eigenvalue weighted by Crippen LogP contribution is -2.31. The molecule has 2 aromatic carbocycles. The summed E-state index contributed by atoms with van der Waals surface area (Å²) < 4.78 is 10.9. The molecule has 1 N–H and O–H groups in total. The Morgan fingerprint density at radius 3 is 2.69 bits per heavy atom. The van der Waals surface area contributed by atoms with Gasteiger partial charge < -0.3 is 14.5 Å². The second-order valence-electron chi connectivity index (χ2n) is 6.80. The maximum absolute atomic E-state index is 12.5. The molecule has 1 heterocycles. The maximum atomic E-state index is 12.5. The highest BCUT2D eigenvalue weighted by molar-refractivity contribution is 7.99. The largest absolute Gasteiger partial charge is 0.497 e. The number of nitrogens with one attached hydrogen (secondary N) is 1. The van der Waals surface area contributed by atoms with E-state index < -0.39 is 0 Å². The normalized spacial score (nSPS) is 14.4. The molecule has 1 aliphatic rings. The van der Waals surface area contributed by atoms with Gasteiger partial charge in [-0.15, -0.1) is 10.2 Å². The molecule has 29 heavy (non-hydrogen) atoms. The molecule has 1 unspecified atom stereocenters. The highest BCUT2D eigenvalue weighted by Crippen LogP contribution is 2.41. The fraction of sp³-hybridized carbons (Fsp3) is 0.286. The molecule has 150 valence electrons. The minimum Gasteiger partial charge on any atom is -0.497 e. The summed E-state index contributed by atoms with van der Waals surface area (Å²) >= 11 is 7.37. The second-order valence-corrected chi connectivity index (χ2v) is 8.13. The number of hydrogen-bond donors (Lipinski definition) is 1. The first-order valence-corrected chi connectivity index (χ1v) is 10.6. The van der Waals surface area contributed by atoms with Gasteiger partial charge in [0, 0.05) is 0 Å². The molecule has 1 aromatic heterocycles. The van der Waals surface area contributed by atoms with Gasteiger partial charge >= 0.3 is 0 Å². The Balaban J connectivity index is 1.36. The Morgan fingerprint density at radius 2 is 2.00 bits per heavy atom. The Kier molecular flexibility index (Phi) is 6.06. The van der Waals surface area contributed by atoms with E-state index in [4.69, 9.17) is 20.8 Å². The quantitative estimate of drug-likeness (QED) is 0.520. The molecular formula is C21H20ClN3O3S. The van der Waals surface area contributed by atoms with Crippen LogP contribution in [0.3, 0.4) is 0 Å². The summed E-state index contributed by atoms with van der Waals surface area (Å²) in [5, 5.41) is 12.0. The van der Waals surface area contributed by atoms with E-state index in [-0.39, 0.29) is 17.7 Å². The minimum absolute atomic E-state index is 0.00961. The maximum Gasteiger partial charge on any atom is 0.277 e. The van der Waals surface area contributed by atoms with E-state index in [0.29, 0.717) is 27.6 Å². The van der Waals surface area contributed by atoms with Crippen LogP contribution in [0.4, 0.5) is 0 Å². The number of halogens is 1. The molecule has 0 radical (unpaired) electrons. The number of ether oxygens (including phenoxy) is 1. The topological polar surface area (TPSA) is 77.2 Å². The van der Waals surface area contributed by atoms with Crippen LogP contribution in [0.2, 0.25) is 5.02 Å². The third kappa shape index (κ3) is 4.92. The monoisotopic (exact) mass is 429 g/mol. The molecule has 1 amide bonds. The van der Waals surface area contributed by atoms with E-state index >= 15 is 0 Å². The number of rotatable bonds is 8. The number of carbonyl (C=O) groups excluding carboxylic acids is 1. The number of hydrogen-bond acceptors (Lipinski definition) is 6. The molecule has 0 aliphatic heterocycles. The Bertz CT molecular complexity index is 989. The summed E-state index contributed by atoms with van der Waals surface area (Å²) in [4.78, 5) is 12.5. The zero-order valence-electron chi connectivity index (χ0n) is 15.8. The molecule has 1 fully saturated rings. The van der Waals surface area contributed by atoms with E-state index in [1.807, 2.05) is 42.5 Å². The van der Waals surface area contributed by atoms with Crippen molar-refractivity contribution < 1.29 is 13.9 Å². The van der Waals surface area contributed by atoms with Crippen molar-refractivity contribution in [2.24, 2.45) is 5.92 Å². The first-order chi connectivity index (χ1) is 14.1. The van der Waals surface area contributed by atoms with Crippen LogP contribution in [0.25, 0.3) is 11.5 Å². The average Bonchev–Trinajstić information content (AvgIpc) is 3.48. The molecule has 4 rings (SSSR count). The standard InChI is InChI=1S/C21H20ClN3O3S/c1-27-15-10-8-14(9-11-15)19(13-6-7-13)23-18(26)12-29-21-25-24-20(28-21)16-4-2-3-5-17(16)22/h2-5,8-11,13,19H,6-7,12H2,1H3,(H,23,26). The summed E-state index contributed by atoms with van der Waals surface area (Å²) in [7, 11) is 1.64. The highest BCUT2D eigenvalue weighted by Gasteiger charge is 2.33. The molecule has 1 atom stereocenters. The van der Waals surface area contributed by atoms with Gasteiger partial charge in [-0.3, -0.25) is 4.79 Å². The number of amides is 1. The van der Waals surface area contributed by atoms with Crippen LogP contribution in [0.5, 0.6) is 5.75 Å². The van der Waals surface area contributed by atoms with Crippen molar-refractivity contribution in [3.63, 3.8) is 0 Å². The summed E-state index contributed by atoms with van der Waals surface area (Å²) in [6, 6.07) is 15.1. The summed E-state index contributed by atoms with van der Waals surface area (Å²) in [5.74, 6) is 1.75. The average molecular weight is 430 g/mol. The van der Waals surface area contributed by atoms with Gasteiger partial charge in [0.05, 0.1) is 29.5 Å². The van der Waals surface area contributed by atoms with Crippen molar-refractivity contribution in [1.29, 1.82) is 0 Å². The van der Waals surface area contributed by atoms with Crippen molar-refractivity contribution in [2.45, 2.75) is 24.1 Å². The van der Waals surface area contributed by atoms with E-state index in [0.717, 1.165) is 24.2 Å². The van der Waals surface area contributed by atoms with Gasteiger partial charge in [-0.1, -0.05) is 47.6 Å². The molecule has 0 saturated heterocycles. The molecule has 0 spiro atoms. The number of aromatic nitrogens is 2. The number of benzene rings is 2. The lowest BCUT2D eigenvalue weighted by molar-refractivity contribution is -0.119. The number of thioether (sulfide) groups is 1. The Hall–Kier alpha value is -2.51. The summed E-state index contributed by atoms with van der Waals surface area (Å²) in [6.45, 7) is 0. The third-order valence-electron chi connectivity index (χ3n) is 4.72. The molecule has 8 heteroatoms. The minimum atomic E-state index is -0.0692. The highest BCUT2D eigenvalue weighted by atomic mass is 35.5. The summed E-state index contributed by atoms with van der Waals surface area (Å²) in [6.07, 6.45) is 2.24. The Morgan fingerprint density at radius 1 is 1.24 bits per heavy atom. The zero-order chi connectivity index (χ0) is 20.2. The Labute approximate surface area is 178 Å². The van der Waals surface area contributed by atoms with E-state index in [1.54, 1.807) is 13.2 Å². The van der Waals surface area contributed by atoms with Crippen LogP contribution in [-0.4, -0.2) is 29.0 Å². The van der Waals surface area contributed by atoms with Crippen LogP contribution in [0, 0.1) is 5.92 Å². The molecule has 3 aromatic rings. The molecule has 6 nitrogen and oxygen atoms in total. The van der Waals surface area contributed by atoms with Gasteiger partial charge in [0.1, 0.15) is 5.75 Å². The molecule has 0 bridgehead atoms. The number of methoxy groups -OCH3 is 1. The van der Waals surface area contributed by atoms with Crippen LogP contribution >= 0.6 is 23.4 Å². The predicted molar refractivity (Wildman–Crippen MR) is 112 cm³/mol. The van der Waals surface area contributed by atoms with Crippen LogP contribution in [0.1, 0.15) is 24.4 Å². The lowest BCUT2D eigenvalue weighted by atomic mass is 10.0. The van der Waals surface area contributed by atoms with Gasteiger partial charge in [0.15, 0.2) is 0 Å². The first kappa shape index (κ1) is 19.8. The van der Waals surface area contributed by atoms with Gasteiger partial charge in [0.2, 0.25) is 11.8 Å². The fourth-order valence-corrected chi connectivity index (χ4v) is 3.86. The van der Waals surface area contributed by atoms with Gasteiger partial charge in [-0.25, -0.2) is 0 Å². The van der Waals surface area contributed by atoms with E-state index in [9.17, 15) is 4.79 Å². The van der Waals surface area contributed by atoms with E-state index in [2.05, 4.69) is 15.5 Å².